The van der Waals surface area contributed by atoms with Gasteiger partial charge >= 0.3 is 0 Å². The minimum absolute atomic E-state index is 0.209. The lowest BCUT2D eigenvalue weighted by Gasteiger charge is -2.02. The Morgan fingerprint density at radius 2 is 2.27 bits per heavy atom. The fraction of sp³-hybridized carbons (Fsp3) is 0.100. The van der Waals surface area contributed by atoms with Crippen molar-refractivity contribution < 1.29 is 13.5 Å². The van der Waals surface area contributed by atoms with Gasteiger partial charge in [0.05, 0.1) is 12.8 Å². The maximum Gasteiger partial charge on any atom is 0.266 e. The van der Waals surface area contributed by atoms with Crippen LogP contribution in [0.5, 0.6) is 5.75 Å². The highest BCUT2D eigenvalue weighted by Gasteiger charge is 2.06. The first-order chi connectivity index (χ1) is 7.20. The molecular weight excluding hydrogens is 217 g/mol. The van der Waals surface area contributed by atoms with E-state index in [2.05, 4.69) is 4.98 Å². The van der Waals surface area contributed by atoms with Crippen LogP contribution in [0.4, 0.5) is 4.39 Å². The molecular formula is C10H8FNO2S. The number of nitrogens with one attached hydrogen (secondary N) is 1. The second-order valence-electron chi connectivity index (χ2n) is 2.91. The third-order valence-corrected chi connectivity index (χ3v) is 2.18. The molecule has 0 radical (unpaired) electrons. The second-order valence-corrected chi connectivity index (χ2v) is 3.28. The van der Waals surface area contributed by atoms with Crippen molar-refractivity contribution in [2.75, 3.05) is 7.11 Å². The second kappa shape index (κ2) is 3.86. The topological polar surface area (TPSA) is 38.2 Å². The summed E-state index contributed by atoms with van der Waals surface area (Å²) in [5.74, 6) is -0.212. The van der Waals surface area contributed by atoms with E-state index in [0.717, 1.165) is 0 Å². The quantitative estimate of drug-likeness (QED) is 0.798. The molecule has 0 aliphatic rings. The zero-order chi connectivity index (χ0) is 10.8. The van der Waals surface area contributed by atoms with Crippen molar-refractivity contribution in [2.24, 2.45) is 0 Å². The van der Waals surface area contributed by atoms with Crippen LogP contribution < -0.4 is 4.74 Å². The first kappa shape index (κ1) is 9.92. The van der Waals surface area contributed by atoms with E-state index in [4.69, 9.17) is 21.4 Å². The van der Waals surface area contributed by atoms with Crippen LogP contribution in [-0.2, 0) is 0 Å². The summed E-state index contributed by atoms with van der Waals surface area (Å²) in [6, 6.07) is 4.63. The maximum atomic E-state index is 13.3. The molecule has 0 saturated carbocycles. The highest BCUT2D eigenvalue weighted by Crippen LogP contribution is 2.24. The molecule has 0 saturated heterocycles. The molecule has 0 unspecified atom stereocenters. The van der Waals surface area contributed by atoms with Crippen LogP contribution in [0.25, 0.3) is 11.3 Å². The van der Waals surface area contributed by atoms with Crippen LogP contribution in [0, 0.1) is 10.7 Å². The van der Waals surface area contributed by atoms with E-state index in [1.165, 1.54) is 19.4 Å². The molecule has 2 rings (SSSR count). The van der Waals surface area contributed by atoms with E-state index in [9.17, 15) is 4.39 Å². The summed E-state index contributed by atoms with van der Waals surface area (Å²) in [5.41, 5.74) is 1.30. The van der Waals surface area contributed by atoms with Crippen molar-refractivity contribution in [1.29, 1.82) is 0 Å². The van der Waals surface area contributed by atoms with Gasteiger partial charge in [0.1, 0.15) is 6.26 Å². The Bertz CT molecular complexity index is 532. The number of H-pyrrole nitrogens is 1. The van der Waals surface area contributed by atoms with Crippen LogP contribution in [0.2, 0.25) is 0 Å². The van der Waals surface area contributed by atoms with Crippen molar-refractivity contribution in [1.82, 2.24) is 4.98 Å². The lowest BCUT2D eigenvalue weighted by Crippen LogP contribution is -1.88. The normalized spacial score (nSPS) is 10.3. The lowest BCUT2D eigenvalue weighted by atomic mass is 10.1. The minimum Gasteiger partial charge on any atom is -0.494 e. The molecule has 1 N–H and O–H groups in total. The standard InChI is InChI=1S/C10H8FNO2S/c1-13-9-3-2-6(4-7(9)11)8-5-14-10(15)12-8/h2-5H,1H3,(H,12,15). The van der Waals surface area contributed by atoms with Crippen LogP contribution in [0.3, 0.4) is 0 Å². The molecule has 0 atom stereocenters. The molecule has 0 aliphatic heterocycles. The molecule has 1 aromatic heterocycles. The predicted octanol–water partition coefficient (Wildman–Crippen LogP) is 3.15. The number of rotatable bonds is 2. The number of aromatic nitrogens is 1. The van der Waals surface area contributed by atoms with E-state index in [1.54, 1.807) is 12.1 Å². The summed E-state index contributed by atoms with van der Waals surface area (Å²) >= 11 is 4.77. The largest absolute Gasteiger partial charge is 0.494 e. The van der Waals surface area contributed by atoms with Crippen LogP contribution in [0.1, 0.15) is 0 Å². The third kappa shape index (κ3) is 1.92. The molecule has 0 spiro atoms. The van der Waals surface area contributed by atoms with Gasteiger partial charge in [0.25, 0.3) is 4.84 Å². The number of benzene rings is 1. The number of hydrogen-bond acceptors (Lipinski definition) is 3. The van der Waals surface area contributed by atoms with Crippen molar-refractivity contribution >= 4 is 12.2 Å². The first-order valence-corrected chi connectivity index (χ1v) is 4.63. The molecule has 15 heavy (non-hydrogen) atoms. The Kier molecular flexibility index (Phi) is 2.55. The fourth-order valence-corrected chi connectivity index (χ4v) is 1.41. The van der Waals surface area contributed by atoms with Gasteiger partial charge in [-0.15, -0.1) is 0 Å². The van der Waals surface area contributed by atoms with Gasteiger partial charge in [-0.2, -0.15) is 0 Å². The predicted molar refractivity (Wildman–Crippen MR) is 55.8 cm³/mol. The summed E-state index contributed by atoms with van der Waals surface area (Å²) in [6.07, 6.45) is 1.45. The van der Waals surface area contributed by atoms with Gasteiger partial charge in [-0.05, 0) is 30.4 Å². The zero-order valence-corrected chi connectivity index (χ0v) is 8.73. The number of halogens is 1. The van der Waals surface area contributed by atoms with Gasteiger partial charge in [0, 0.05) is 5.56 Å². The van der Waals surface area contributed by atoms with E-state index >= 15 is 0 Å². The lowest BCUT2D eigenvalue weighted by molar-refractivity contribution is 0.386. The molecule has 3 nitrogen and oxygen atoms in total. The average molecular weight is 225 g/mol. The average Bonchev–Trinajstić information content (AvgIpc) is 2.65. The molecule has 1 heterocycles. The molecule has 78 valence electrons. The first-order valence-electron chi connectivity index (χ1n) is 4.22. The van der Waals surface area contributed by atoms with Crippen molar-refractivity contribution in [3.8, 4) is 17.0 Å². The van der Waals surface area contributed by atoms with Gasteiger partial charge in [-0.25, -0.2) is 4.39 Å². The highest BCUT2D eigenvalue weighted by molar-refractivity contribution is 7.71. The number of methoxy groups -OCH3 is 1. The molecule has 1 aromatic carbocycles. The SMILES string of the molecule is COc1ccc(-c2coc(=S)[nH]2)cc1F. The zero-order valence-electron chi connectivity index (χ0n) is 7.91. The monoisotopic (exact) mass is 225 g/mol. The Morgan fingerprint density at radius 1 is 1.47 bits per heavy atom. The third-order valence-electron chi connectivity index (χ3n) is 1.98. The number of hydrogen-bond donors (Lipinski definition) is 1. The van der Waals surface area contributed by atoms with Crippen molar-refractivity contribution in [2.45, 2.75) is 0 Å². The molecule has 0 fully saturated rings. The minimum atomic E-state index is -0.421. The van der Waals surface area contributed by atoms with Gasteiger partial charge in [0.15, 0.2) is 11.6 Å². The summed E-state index contributed by atoms with van der Waals surface area (Å²) in [7, 11) is 1.42. The van der Waals surface area contributed by atoms with E-state index in [1.807, 2.05) is 0 Å². The Balaban J connectivity index is 2.46. The molecule has 0 amide bonds. The van der Waals surface area contributed by atoms with Crippen LogP contribution in [-0.4, -0.2) is 12.1 Å². The summed E-state index contributed by atoms with van der Waals surface area (Å²) < 4.78 is 23.1. The van der Waals surface area contributed by atoms with Gasteiger partial charge in [0.2, 0.25) is 0 Å². The molecule has 5 heteroatoms. The van der Waals surface area contributed by atoms with E-state index < -0.39 is 5.82 Å². The van der Waals surface area contributed by atoms with Crippen molar-refractivity contribution in [3.63, 3.8) is 0 Å². The van der Waals surface area contributed by atoms with Gasteiger partial charge in [-0.3, -0.25) is 0 Å². The van der Waals surface area contributed by atoms with E-state index in [-0.39, 0.29) is 10.6 Å². The maximum absolute atomic E-state index is 13.3. The van der Waals surface area contributed by atoms with Crippen LogP contribution >= 0.6 is 12.2 Å². The smallest absolute Gasteiger partial charge is 0.266 e. The Hall–Kier alpha value is -1.62. The molecule has 2 aromatic rings. The fourth-order valence-electron chi connectivity index (χ4n) is 1.26. The van der Waals surface area contributed by atoms with Crippen LogP contribution in [0.15, 0.2) is 28.9 Å². The molecule has 0 bridgehead atoms. The Morgan fingerprint density at radius 3 is 2.80 bits per heavy atom. The summed E-state index contributed by atoms with van der Waals surface area (Å²) in [4.78, 5) is 3.06. The summed E-state index contributed by atoms with van der Waals surface area (Å²) in [6.45, 7) is 0. The van der Waals surface area contributed by atoms with Crippen molar-refractivity contribution in [3.05, 3.63) is 35.1 Å². The number of aromatic amines is 1. The van der Waals surface area contributed by atoms with E-state index in [0.29, 0.717) is 11.3 Å². The molecule has 0 aliphatic carbocycles. The highest BCUT2D eigenvalue weighted by atomic mass is 32.1. The Labute approximate surface area is 90.5 Å². The summed E-state index contributed by atoms with van der Waals surface area (Å²) in [5, 5.41) is 0. The number of ether oxygens (including phenoxy) is 1. The van der Waals surface area contributed by atoms with Gasteiger partial charge in [-0.1, -0.05) is 0 Å². The number of oxazole rings is 1. The van der Waals surface area contributed by atoms with Gasteiger partial charge < -0.3 is 14.1 Å².